The standard InChI is InChI=1S/C18H22N2O3/c1-4-23-18(22)14(3)20-17(21)12-11-16(19-20)10-9-15-7-5-13(2)6-8-15/h5-10,14H,4,11-12H2,1-3H3/b10-9+. The van der Waals surface area contributed by atoms with Gasteiger partial charge in [-0.25, -0.2) is 9.80 Å². The van der Waals surface area contributed by atoms with E-state index in [2.05, 4.69) is 5.10 Å². The Balaban J connectivity index is 2.12. The van der Waals surface area contributed by atoms with Gasteiger partial charge in [-0.3, -0.25) is 4.79 Å². The van der Waals surface area contributed by atoms with Gasteiger partial charge in [0.1, 0.15) is 6.04 Å². The van der Waals surface area contributed by atoms with Crippen molar-refractivity contribution >= 4 is 23.7 Å². The summed E-state index contributed by atoms with van der Waals surface area (Å²) >= 11 is 0. The first-order valence-corrected chi connectivity index (χ1v) is 7.82. The van der Waals surface area contributed by atoms with E-state index in [0.29, 0.717) is 12.8 Å². The molecule has 1 unspecified atom stereocenters. The SMILES string of the molecule is CCOC(=O)C(C)N1N=C(/C=C/c2ccc(C)cc2)CCC1=O. The lowest BCUT2D eigenvalue weighted by Crippen LogP contribution is -2.43. The van der Waals surface area contributed by atoms with Crippen LogP contribution in [-0.4, -0.2) is 35.2 Å². The number of allylic oxidation sites excluding steroid dienone is 1. The second-order valence-corrected chi connectivity index (χ2v) is 5.50. The van der Waals surface area contributed by atoms with E-state index in [1.807, 2.05) is 43.3 Å². The molecule has 0 radical (unpaired) electrons. The predicted molar refractivity (Wildman–Crippen MR) is 89.8 cm³/mol. The van der Waals surface area contributed by atoms with E-state index in [0.717, 1.165) is 11.3 Å². The fraction of sp³-hybridized carbons (Fsp3) is 0.389. The van der Waals surface area contributed by atoms with Crippen LogP contribution in [0, 0.1) is 6.92 Å². The molecule has 0 aromatic heterocycles. The highest BCUT2D eigenvalue weighted by atomic mass is 16.5. The Hall–Kier alpha value is -2.43. The van der Waals surface area contributed by atoms with E-state index < -0.39 is 12.0 Å². The summed E-state index contributed by atoms with van der Waals surface area (Å²) in [4.78, 5) is 23.8. The minimum Gasteiger partial charge on any atom is -0.464 e. The average Bonchev–Trinajstić information content (AvgIpc) is 2.55. The number of hydrogen-bond acceptors (Lipinski definition) is 4. The molecule has 1 aromatic rings. The number of hydrazone groups is 1. The van der Waals surface area contributed by atoms with Crippen molar-refractivity contribution in [1.82, 2.24) is 5.01 Å². The molecule has 5 heteroatoms. The van der Waals surface area contributed by atoms with E-state index in [-0.39, 0.29) is 12.5 Å². The minimum atomic E-state index is -0.703. The van der Waals surface area contributed by atoms with Gasteiger partial charge in [-0.05, 0) is 32.4 Å². The Kier molecular flexibility index (Phi) is 5.68. The number of amides is 1. The highest BCUT2D eigenvalue weighted by molar-refractivity contribution is 6.02. The molecular formula is C18H22N2O3. The lowest BCUT2D eigenvalue weighted by molar-refractivity contribution is -0.154. The molecule has 2 rings (SSSR count). The number of carbonyl (C=O) groups excluding carboxylic acids is 2. The maximum atomic E-state index is 12.0. The van der Waals surface area contributed by atoms with Crippen molar-refractivity contribution in [3.63, 3.8) is 0 Å². The molecule has 1 aliphatic rings. The van der Waals surface area contributed by atoms with Crippen molar-refractivity contribution in [1.29, 1.82) is 0 Å². The van der Waals surface area contributed by atoms with Gasteiger partial charge in [-0.1, -0.05) is 35.9 Å². The zero-order valence-corrected chi connectivity index (χ0v) is 13.8. The first kappa shape index (κ1) is 16.9. The highest BCUT2D eigenvalue weighted by Crippen LogP contribution is 2.15. The predicted octanol–water partition coefficient (Wildman–Crippen LogP) is 2.94. The maximum absolute atomic E-state index is 12.0. The monoisotopic (exact) mass is 314 g/mol. The molecule has 0 saturated heterocycles. The van der Waals surface area contributed by atoms with Crippen LogP contribution in [-0.2, 0) is 14.3 Å². The number of aryl methyl sites for hydroxylation is 1. The van der Waals surface area contributed by atoms with Gasteiger partial charge >= 0.3 is 5.97 Å². The van der Waals surface area contributed by atoms with Crippen molar-refractivity contribution < 1.29 is 14.3 Å². The van der Waals surface area contributed by atoms with Crippen molar-refractivity contribution in [2.24, 2.45) is 5.10 Å². The molecule has 1 aliphatic heterocycles. The second-order valence-electron chi connectivity index (χ2n) is 5.50. The lowest BCUT2D eigenvalue weighted by atomic mass is 10.1. The number of ether oxygens (including phenoxy) is 1. The molecule has 0 saturated carbocycles. The van der Waals surface area contributed by atoms with E-state index in [9.17, 15) is 9.59 Å². The van der Waals surface area contributed by atoms with E-state index in [4.69, 9.17) is 4.74 Å². The van der Waals surface area contributed by atoms with Gasteiger partial charge in [0.05, 0.1) is 12.3 Å². The summed E-state index contributed by atoms with van der Waals surface area (Å²) in [7, 11) is 0. The number of benzene rings is 1. The summed E-state index contributed by atoms with van der Waals surface area (Å²) in [5, 5.41) is 5.54. The molecule has 0 bridgehead atoms. The van der Waals surface area contributed by atoms with Crippen molar-refractivity contribution in [2.45, 2.75) is 39.7 Å². The van der Waals surface area contributed by atoms with E-state index in [1.54, 1.807) is 13.8 Å². The zero-order valence-electron chi connectivity index (χ0n) is 13.8. The van der Waals surface area contributed by atoms with Crippen LogP contribution in [0.2, 0.25) is 0 Å². The fourth-order valence-electron chi connectivity index (χ4n) is 2.25. The van der Waals surface area contributed by atoms with Gasteiger partial charge in [0.15, 0.2) is 0 Å². The molecular weight excluding hydrogens is 292 g/mol. The van der Waals surface area contributed by atoms with Gasteiger partial charge in [-0.15, -0.1) is 0 Å². The topological polar surface area (TPSA) is 59.0 Å². The van der Waals surface area contributed by atoms with Crippen LogP contribution in [0.25, 0.3) is 6.08 Å². The third kappa shape index (κ3) is 4.52. The van der Waals surface area contributed by atoms with Gasteiger partial charge in [0, 0.05) is 12.8 Å². The summed E-state index contributed by atoms with van der Waals surface area (Å²) in [5.41, 5.74) is 3.05. The van der Waals surface area contributed by atoms with Gasteiger partial charge in [0.2, 0.25) is 5.91 Å². The van der Waals surface area contributed by atoms with Crippen LogP contribution >= 0.6 is 0 Å². The van der Waals surface area contributed by atoms with Crippen LogP contribution in [0.5, 0.6) is 0 Å². The van der Waals surface area contributed by atoms with Crippen LogP contribution < -0.4 is 0 Å². The largest absolute Gasteiger partial charge is 0.464 e. The quantitative estimate of drug-likeness (QED) is 0.785. The van der Waals surface area contributed by atoms with Crippen LogP contribution in [0.1, 0.15) is 37.8 Å². The first-order valence-electron chi connectivity index (χ1n) is 7.82. The van der Waals surface area contributed by atoms with Crippen molar-refractivity contribution in [3.05, 3.63) is 41.5 Å². The van der Waals surface area contributed by atoms with Gasteiger partial charge in [0.25, 0.3) is 0 Å². The molecule has 0 N–H and O–H groups in total. The highest BCUT2D eigenvalue weighted by Gasteiger charge is 2.29. The zero-order chi connectivity index (χ0) is 16.8. The second kappa shape index (κ2) is 7.72. The molecule has 1 heterocycles. The smallest absolute Gasteiger partial charge is 0.330 e. The third-order valence-electron chi connectivity index (χ3n) is 3.63. The van der Waals surface area contributed by atoms with Gasteiger partial charge in [-0.2, -0.15) is 5.10 Å². The molecule has 5 nitrogen and oxygen atoms in total. The summed E-state index contributed by atoms with van der Waals surface area (Å²) in [6, 6.07) is 7.44. The summed E-state index contributed by atoms with van der Waals surface area (Å²) in [6.45, 7) is 5.70. The van der Waals surface area contributed by atoms with E-state index in [1.165, 1.54) is 10.6 Å². The molecule has 0 spiro atoms. The summed E-state index contributed by atoms with van der Waals surface area (Å²) in [5.74, 6) is -0.591. The lowest BCUT2D eigenvalue weighted by Gasteiger charge is -2.26. The normalized spacial score (nSPS) is 16.4. The fourth-order valence-corrected chi connectivity index (χ4v) is 2.25. The third-order valence-corrected chi connectivity index (χ3v) is 3.63. The summed E-state index contributed by atoms with van der Waals surface area (Å²) in [6.07, 6.45) is 4.78. The number of esters is 1. The van der Waals surface area contributed by atoms with Crippen molar-refractivity contribution in [3.8, 4) is 0 Å². The summed E-state index contributed by atoms with van der Waals surface area (Å²) < 4.78 is 4.96. The number of rotatable bonds is 5. The number of nitrogens with zero attached hydrogens (tertiary/aromatic N) is 2. The molecule has 1 amide bonds. The van der Waals surface area contributed by atoms with Crippen LogP contribution in [0.15, 0.2) is 35.4 Å². The Labute approximate surface area is 136 Å². The molecule has 122 valence electrons. The molecule has 0 aliphatic carbocycles. The Morgan fingerprint density at radius 3 is 2.65 bits per heavy atom. The van der Waals surface area contributed by atoms with Crippen molar-refractivity contribution in [2.75, 3.05) is 6.61 Å². The molecule has 23 heavy (non-hydrogen) atoms. The first-order chi connectivity index (χ1) is 11.0. The maximum Gasteiger partial charge on any atom is 0.330 e. The molecule has 1 aromatic carbocycles. The van der Waals surface area contributed by atoms with E-state index >= 15 is 0 Å². The Bertz CT molecular complexity index is 632. The van der Waals surface area contributed by atoms with Crippen LogP contribution in [0.3, 0.4) is 0 Å². The molecule has 0 fully saturated rings. The minimum absolute atomic E-state index is 0.155. The number of carbonyl (C=O) groups is 2. The number of hydrogen-bond donors (Lipinski definition) is 0. The Morgan fingerprint density at radius 1 is 1.30 bits per heavy atom. The Morgan fingerprint density at radius 2 is 2.00 bits per heavy atom. The molecule has 1 atom stereocenters. The van der Waals surface area contributed by atoms with Crippen LogP contribution in [0.4, 0.5) is 0 Å². The van der Waals surface area contributed by atoms with Gasteiger partial charge < -0.3 is 4.74 Å². The average molecular weight is 314 g/mol.